The van der Waals surface area contributed by atoms with E-state index < -0.39 is 0 Å². The fourth-order valence-electron chi connectivity index (χ4n) is 2.52. The summed E-state index contributed by atoms with van der Waals surface area (Å²) in [6.07, 6.45) is 1.52. The highest BCUT2D eigenvalue weighted by Crippen LogP contribution is 2.48. The van der Waals surface area contributed by atoms with Crippen molar-refractivity contribution < 1.29 is 13.9 Å². The average Bonchev–Trinajstić information content (AvgIpc) is 3.32. The minimum Gasteiger partial charge on any atom is -0.482 e. The van der Waals surface area contributed by atoms with Gasteiger partial charge in [-0.05, 0) is 12.1 Å². The number of aryl methyl sites for hydroxylation is 1. The Morgan fingerprint density at radius 2 is 1.67 bits per heavy atom. The average molecular weight is 532 g/mol. The van der Waals surface area contributed by atoms with Crippen LogP contribution in [0.15, 0.2) is 22.7 Å². The van der Waals surface area contributed by atoms with Gasteiger partial charge >= 0.3 is 0 Å². The van der Waals surface area contributed by atoms with Crippen molar-refractivity contribution in [1.82, 2.24) is 14.7 Å². The minimum absolute atomic E-state index is 0.0201. The summed E-state index contributed by atoms with van der Waals surface area (Å²) in [5.74, 6) is 0.204. The number of hydrogen-bond donors (Lipinski definition) is 0. The Kier molecular flexibility index (Phi) is 7.38. The van der Waals surface area contributed by atoms with E-state index in [1.54, 1.807) is 24.8 Å². The molecule has 0 saturated heterocycles. The van der Waals surface area contributed by atoms with Crippen molar-refractivity contribution in [3.05, 3.63) is 65.7 Å². The SMILES string of the molecule is CN(Cc1c(Cl)cnn1C)C(=O)c1ccc(COc2c(Cl)c(Cl)c(Cl)c(Cl)c2Cl)o1. The second-order valence-corrected chi connectivity index (χ2v) is 8.47. The van der Waals surface area contributed by atoms with Crippen molar-refractivity contribution >= 4 is 75.5 Å². The highest BCUT2D eigenvalue weighted by atomic mass is 35.5. The lowest BCUT2D eigenvalue weighted by atomic mass is 10.3. The van der Waals surface area contributed by atoms with Gasteiger partial charge in [-0.2, -0.15) is 5.10 Å². The molecule has 0 N–H and O–H groups in total. The van der Waals surface area contributed by atoms with Crippen LogP contribution in [0, 0.1) is 0 Å². The number of halogens is 6. The van der Waals surface area contributed by atoms with E-state index in [0.717, 1.165) is 0 Å². The molecule has 0 unspecified atom stereocenters. The van der Waals surface area contributed by atoms with Crippen LogP contribution in [0.2, 0.25) is 30.1 Å². The normalized spacial score (nSPS) is 11.1. The monoisotopic (exact) mass is 529 g/mol. The van der Waals surface area contributed by atoms with Crippen molar-refractivity contribution in [2.24, 2.45) is 7.05 Å². The summed E-state index contributed by atoms with van der Waals surface area (Å²) in [5.41, 5.74) is 0.698. The Bertz CT molecular complexity index is 1060. The summed E-state index contributed by atoms with van der Waals surface area (Å²) in [7, 11) is 3.37. The molecule has 0 aliphatic heterocycles. The van der Waals surface area contributed by atoms with E-state index in [1.165, 1.54) is 17.2 Å². The number of hydrogen-bond acceptors (Lipinski definition) is 4. The maximum absolute atomic E-state index is 12.6. The topological polar surface area (TPSA) is 60.5 Å². The highest BCUT2D eigenvalue weighted by molar-refractivity contribution is 6.55. The van der Waals surface area contributed by atoms with Crippen molar-refractivity contribution in [3.8, 4) is 5.75 Å². The van der Waals surface area contributed by atoms with E-state index in [1.807, 2.05) is 0 Å². The van der Waals surface area contributed by atoms with Gasteiger partial charge in [0, 0.05) is 14.1 Å². The minimum atomic E-state index is -0.341. The van der Waals surface area contributed by atoms with Crippen LogP contribution >= 0.6 is 69.6 Å². The fourth-order valence-corrected chi connectivity index (χ4v) is 3.98. The molecule has 0 bridgehead atoms. The van der Waals surface area contributed by atoms with Gasteiger partial charge in [-0.3, -0.25) is 9.48 Å². The molecule has 160 valence electrons. The molecule has 6 nitrogen and oxygen atoms in total. The third-order valence-corrected chi connectivity index (χ3v) is 6.70. The summed E-state index contributed by atoms with van der Waals surface area (Å²) in [6.45, 7) is 0.186. The summed E-state index contributed by atoms with van der Waals surface area (Å²) in [5, 5.41) is 4.63. The quantitative estimate of drug-likeness (QED) is 0.260. The molecule has 0 fully saturated rings. The smallest absolute Gasteiger partial charge is 0.289 e. The maximum Gasteiger partial charge on any atom is 0.289 e. The zero-order chi connectivity index (χ0) is 22.2. The number of benzene rings is 1. The van der Waals surface area contributed by atoms with Crippen LogP contribution in [-0.2, 0) is 20.2 Å². The van der Waals surface area contributed by atoms with Crippen LogP contribution in [-0.4, -0.2) is 27.6 Å². The molecule has 12 heteroatoms. The first-order valence-electron chi connectivity index (χ1n) is 8.26. The molecule has 0 radical (unpaired) electrons. The van der Waals surface area contributed by atoms with Crippen molar-refractivity contribution in [2.45, 2.75) is 13.2 Å². The highest BCUT2D eigenvalue weighted by Gasteiger charge is 2.22. The Morgan fingerprint density at radius 3 is 2.23 bits per heavy atom. The summed E-state index contributed by atoms with van der Waals surface area (Å²) in [6, 6.07) is 3.13. The van der Waals surface area contributed by atoms with Gasteiger partial charge < -0.3 is 14.1 Å². The lowest BCUT2D eigenvalue weighted by molar-refractivity contribution is 0.0746. The Balaban J connectivity index is 1.71. The van der Waals surface area contributed by atoms with Gasteiger partial charge in [-0.15, -0.1) is 0 Å². The van der Waals surface area contributed by atoms with Crippen LogP contribution in [0.25, 0.3) is 0 Å². The lowest BCUT2D eigenvalue weighted by Gasteiger charge is -2.16. The van der Waals surface area contributed by atoms with Gasteiger partial charge in [-0.25, -0.2) is 0 Å². The molecule has 1 amide bonds. The fraction of sp³-hybridized carbons (Fsp3) is 0.222. The van der Waals surface area contributed by atoms with E-state index in [2.05, 4.69) is 5.10 Å². The molecule has 0 aliphatic rings. The number of furan rings is 1. The summed E-state index contributed by atoms with van der Waals surface area (Å²) < 4.78 is 12.8. The van der Waals surface area contributed by atoms with E-state index in [-0.39, 0.29) is 55.7 Å². The second kappa shape index (κ2) is 9.47. The van der Waals surface area contributed by atoms with Crippen LogP contribution in [0.5, 0.6) is 5.75 Å². The van der Waals surface area contributed by atoms with Gasteiger partial charge in [0.05, 0.1) is 38.5 Å². The predicted octanol–water partition coefficient (Wildman–Crippen LogP) is 6.78. The lowest BCUT2D eigenvalue weighted by Crippen LogP contribution is -2.27. The maximum atomic E-state index is 12.6. The number of carbonyl (C=O) groups excluding carboxylic acids is 1. The van der Waals surface area contributed by atoms with Gasteiger partial charge in [0.1, 0.15) is 22.4 Å². The molecule has 3 aromatic rings. The number of nitrogens with zero attached hydrogens (tertiary/aromatic N) is 3. The van der Waals surface area contributed by atoms with Crippen LogP contribution in [0.4, 0.5) is 0 Å². The van der Waals surface area contributed by atoms with E-state index >= 15 is 0 Å². The standard InChI is InChI=1S/C18H13Cl6N3O3/c1-26(6-10-9(19)5-25-27(10)2)18(28)11-4-3-8(30-11)7-29-17-15(23)13(21)12(20)14(22)16(17)24/h3-5H,6-7H2,1-2H3. The Morgan fingerprint density at radius 1 is 1.07 bits per heavy atom. The molecule has 3 rings (SSSR count). The van der Waals surface area contributed by atoms with Crippen molar-refractivity contribution in [1.29, 1.82) is 0 Å². The van der Waals surface area contributed by atoms with Gasteiger partial charge in [-0.1, -0.05) is 69.6 Å². The summed E-state index contributed by atoms with van der Waals surface area (Å²) >= 11 is 36.4. The Hall–Kier alpha value is -1.28. The number of carbonyl (C=O) groups is 1. The molecule has 0 atom stereocenters. The first-order chi connectivity index (χ1) is 14.1. The largest absolute Gasteiger partial charge is 0.482 e. The van der Waals surface area contributed by atoms with Crippen LogP contribution in [0.3, 0.4) is 0 Å². The molecular weight excluding hydrogens is 519 g/mol. The zero-order valence-electron chi connectivity index (χ0n) is 15.5. The number of rotatable bonds is 6. The third-order valence-electron chi connectivity index (χ3n) is 4.14. The first kappa shape index (κ1) is 23.4. The predicted molar refractivity (Wildman–Crippen MR) is 119 cm³/mol. The summed E-state index contributed by atoms with van der Waals surface area (Å²) in [4.78, 5) is 14.1. The van der Waals surface area contributed by atoms with Gasteiger partial charge in [0.2, 0.25) is 0 Å². The molecule has 2 aromatic heterocycles. The second-order valence-electron chi connectivity index (χ2n) is 6.18. The molecule has 0 spiro atoms. The zero-order valence-corrected chi connectivity index (χ0v) is 20.0. The number of aromatic nitrogens is 2. The Labute approximate surface area is 202 Å². The molecular formula is C18H13Cl6N3O3. The molecule has 2 heterocycles. The molecule has 30 heavy (non-hydrogen) atoms. The van der Waals surface area contributed by atoms with E-state index in [4.69, 9.17) is 78.8 Å². The van der Waals surface area contributed by atoms with Crippen molar-refractivity contribution in [2.75, 3.05) is 7.05 Å². The van der Waals surface area contributed by atoms with Gasteiger partial charge in [0.15, 0.2) is 11.5 Å². The first-order valence-corrected chi connectivity index (χ1v) is 10.5. The van der Waals surface area contributed by atoms with Crippen LogP contribution in [0.1, 0.15) is 22.0 Å². The van der Waals surface area contributed by atoms with E-state index in [9.17, 15) is 4.79 Å². The van der Waals surface area contributed by atoms with Crippen LogP contribution < -0.4 is 4.74 Å². The van der Waals surface area contributed by atoms with E-state index in [0.29, 0.717) is 16.5 Å². The number of ether oxygens (including phenoxy) is 1. The van der Waals surface area contributed by atoms with Gasteiger partial charge in [0.25, 0.3) is 5.91 Å². The third kappa shape index (κ3) is 4.64. The molecule has 0 aliphatic carbocycles. The molecule has 0 saturated carbocycles. The number of amides is 1. The van der Waals surface area contributed by atoms with Crippen molar-refractivity contribution in [3.63, 3.8) is 0 Å². The molecule has 1 aromatic carbocycles.